The van der Waals surface area contributed by atoms with E-state index in [1.54, 1.807) is 6.07 Å². The number of fused-ring (bicyclic) bond motifs is 1. The molecule has 0 radical (unpaired) electrons. The number of phenols is 1. The van der Waals surface area contributed by atoms with Crippen LogP contribution < -0.4 is 10.0 Å². The molecule has 0 atom stereocenters. The first-order chi connectivity index (χ1) is 9.50. The van der Waals surface area contributed by atoms with Gasteiger partial charge >= 0.3 is 0 Å². The van der Waals surface area contributed by atoms with Gasteiger partial charge in [-0.2, -0.15) is 0 Å². The van der Waals surface area contributed by atoms with Crippen LogP contribution in [0.2, 0.25) is 0 Å². The van der Waals surface area contributed by atoms with E-state index >= 15 is 0 Å². The summed E-state index contributed by atoms with van der Waals surface area (Å²) in [5.74, 6) is -0.120. The monoisotopic (exact) mass is 290 g/mol. The van der Waals surface area contributed by atoms with E-state index in [9.17, 15) is 13.5 Å². The van der Waals surface area contributed by atoms with Crippen LogP contribution in [0.25, 0.3) is 0 Å². The van der Waals surface area contributed by atoms with Crippen LogP contribution in [0.15, 0.2) is 47.4 Å². The predicted molar refractivity (Wildman–Crippen MR) is 77.2 cm³/mol. The molecule has 0 spiro atoms. The van der Waals surface area contributed by atoms with Crippen LogP contribution in [0, 0.1) is 0 Å². The Balaban J connectivity index is 2.07. The normalized spacial score (nSPS) is 14.3. The molecule has 0 unspecified atom stereocenters. The standard InChI is InChI=1S/C14H14N2O3S/c15-12-9-11(5-6-14(12)17)20(18,19)16-8-7-10-3-1-2-4-13(10)16/h1-6,9,17H,7-8,15H2. The molecular formula is C14H14N2O3S. The number of aromatic hydroxyl groups is 1. The van der Waals surface area contributed by atoms with E-state index in [0.717, 1.165) is 5.56 Å². The van der Waals surface area contributed by atoms with Crippen LogP contribution >= 0.6 is 0 Å². The van der Waals surface area contributed by atoms with E-state index in [1.165, 1.54) is 22.5 Å². The highest BCUT2D eigenvalue weighted by atomic mass is 32.2. The lowest BCUT2D eigenvalue weighted by Gasteiger charge is -2.19. The van der Waals surface area contributed by atoms with Gasteiger partial charge in [-0.25, -0.2) is 8.42 Å². The van der Waals surface area contributed by atoms with Crippen molar-refractivity contribution in [1.82, 2.24) is 0 Å². The molecular weight excluding hydrogens is 276 g/mol. The molecule has 5 nitrogen and oxygen atoms in total. The molecule has 0 aliphatic carbocycles. The van der Waals surface area contributed by atoms with E-state index in [0.29, 0.717) is 18.7 Å². The summed E-state index contributed by atoms with van der Waals surface area (Å²) in [5.41, 5.74) is 7.36. The fourth-order valence-electron chi connectivity index (χ4n) is 2.38. The maximum atomic E-state index is 12.6. The van der Waals surface area contributed by atoms with Crippen molar-refractivity contribution in [2.45, 2.75) is 11.3 Å². The topological polar surface area (TPSA) is 83.6 Å². The third-order valence-electron chi connectivity index (χ3n) is 3.43. The molecule has 1 aliphatic heterocycles. The molecule has 0 saturated carbocycles. The minimum atomic E-state index is -3.65. The zero-order valence-electron chi connectivity index (χ0n) is 10.7. The van der Waals surface area contributed by atoms with Crippen LogP contribution in [0.4, 0.5) is 11.4 Å². The second kappa shape index (κ2) is 4.42. The molecule has 3 N–H and O–H groups in total. The Morgan fingerprint density at radius 3 is 2.65 bits per heavy atom. The molecule has 0 amide bonds. The second-order valence-electron chi connectivity index (χ2n) is 4.68. The Bertz CT molecular complexity index is 772. The zero-order chi connectivity index (χ0) is 14.3. The van der Waals surface area contributed by atoms with E-state index in [2.05, 4.69) is 0 Å². The van der Waals surface area contributed by atoms with Crippen molar-refractivity contribution in [2.75, 3.05) is 16.6 Å². The van der Waals surface area contributed by atoms with Crippen molar-refractivity contribution < 1.29 is 13.5 Å². The van der Waals surface area contributed by atoms with Crippen molar-refractivity contribution in [1.29, 1.82) is 0 Å². The number of phenolic OH excluding ortho intramolecular Hbond substituents is 1. The highest BCUT2D eigenvalue weighted by Crippen LogP contribution is 2.34. The predicted octanol–water partition coefficient (Wildman–Crippen LogP) is 1.73. The fourth-order valence-corrected chi connectivity index (χ4v) is 3.92. The van der Waals surface area contributed by atoms with Gasteiger partial charge in [0.1, 0.15) is 5.75 Å². The summed E-state index contributed by atoms with van der Waals surface area (Å²) in [7, 11) is -3.65. The number of nitrogen functional groups attached to an aromatic ring is 1. The Hall–Kier alpha value is -2.21. The van der Waals surface area contributed by atoms with Crippen LogP contribution in [-0.4, -0.2) is 20.1 Å². The summed E-state index contributed by atoms with van der Waals surface area (Å²) in [5, 5.41) is 9.40. The van der Waals surface area contributed by atoms with Gasteiger partial charge in [0.05, 0.1) is 16.3 Å². The van der Waals surface area contributed by atoms with E-state index in [1.807, 2.05) is 18.2 Å². The summed E-state index contributed by atoms with van der Waals surface area (Å²) in [4.78, 5) is 0.0875. The number of para-hydroxylation sites is 1. The van der Waals surface area contributed by atoms with Crippen molar-refractivity contribution in [3.8, 4) is 5.75 Å². The highest BCUT2D eigenvalue weighted by molar-refractivity contribution is 7.92. The Morgan fingerprint density at radius 1 is 1.15 bits per heavy atom. The van der Waals surface area contributed by atoms with E-state index in [-0.39, 0.29) is 16.3 Å². The molecule has 3 rings (SSSR count). The number of rotatable bonds is 2. The average Bonchev–Trinajstić information content (AvgIpc) is 2.86. The van der Waals surface area contributed by atoms with Gasteiger partial charge in [-0.1, -0.05) is 18.2 Å². The largest absolute Gasteiger partial charge is 0.506 e. The molecule has 1 aliphatic rings. The first-order valence-corrected chi connectivity index (χ1v) is 7.63. The van der Waals surface area contributed by atoms with Gasteiger partial charge in [-0.3, -0.25) is 4.31 Å². The minimum absolute atomic E-state index is 0.0542. The van der Waals surface area contributed by atoms with Crippen LogP contribution in [0.3, 0.4) is 0 Å². The smallest absolute Gasteiger partial charge is 0.264 e. The third-order valence-corrected chi connectivity index (χ3v) is 5.24. The number of benzene rings is 2. The zero-order valence-corrected chi connectivity index (χ0v) is 11.5. The maximum Gasteiger partial charge on any atom is 0.264 e. The maximum absolute atomic E-state index is 12.6. The SMILES string of the molecule is Nc1cc(S(=O)(=O)N2CCc3ccccc32)ccc1O. The van der Waals surface area contributed by atoms with Gasteiger partial charge in [0.2, 0.25) is 0 Å². The Morgan fingerprint density at radius 2 is 1.90 bits per heavy atom. The number of hydrogen-bond acceptors (Lipinski definition) is 4. The number of nitrogens with two attached hydrogens (primary N) is 1. The van der Waals surface area contributed by atoms with Gasteiger partial charge in [0.25, 0.3) is 10.0 Å². The molecule has 1 heterocycles. The molecule has 0 saturated heterocycles. The lowest BCUT2D eigenvalue weighted by atomic mass is 10.2. The highest BCUT2D eigenvalue weighted by Gasteiger charge is 2.30. The first kappa shape index (κ1) is 12.8. The molecule has 2 aromatic rings. The van der Waals surface area contributed by atoms with E-state index < -0.39 is 10.0 Å². The number of anilines is 2. The minimum Gasteiger partial charge on any atom is -0.506 e. The second-order valence-corrected chi connectivity index (χ2v) is 6.54. The number of nitrogens with zero attached hydrogens (tertiary/aromatic N) is 1. The van der Waals surface area contributed by atoms with E-state index in [4.69, 9.17) is 5.73 Å². The van der Waals surface area contributed by atoms with Gasteiger partial charge in [0.15, 0.2) is 0 Å². The molecule has 6 heteroatoms. The number of hydrogen-bond donors (Lipinski definition) is 2. The molecule has 20 heavy (non-hydrogen) atoms. The van der Waals surface area contributed by atoms with Gasteiger partial charge in [-0.05, 0) is 36.2 Å². The fraction of sp³-hybridized carbons (Fsp3) is 0.143. The van der Waals surface area contributed by atoms with Gasteiger partial charge < -0.3 is 10.8 Å². The lowest BCUT2D eigenvalue weighted by molar-refractivity contribution is 0.477. The molecule has 2 aromatic carbocycles. The first-order valence-electron chi connectivity index (χ1n) is 6.19. The summed E-state index contributed by atoms with van der Waals surface area (Å²) in [6.45, 7) is 0.419. The van der Waals surface area contributed by atoms with Crippen molar-refractivity contribution >= 4 is 21.4 Å². The van der Waals surface area contributed by atoms with Crippen LogP contribution in [0.1, 0.15) is 5.56 Å². The molecule has 0 fully saturated rings. The number of sulfonamides is 1. The third kappa shape index (κ3) is 1.89. The van der Waals surface area contributed by atoms with Crippen molar-refractivity contribution in [3.05, 3.63) is 48.0 Å². The summed E-state index contributed by atoms with van der Waals surface area (Å²) < 4.78 is 26.7. The quantitative estimate of drug-likeness (QED) is 0.651. The average molecular weight is 290 g/mol. The van der Waals surface area contributed by atoms with Crippen molar-refractivity contribution in [3.63, 3.8) is 0 Å². The summed E-state index contributed by atoms with van der Waals surface area (Å²) >= 11 is 0. The van der Waals surface area contributed by atoms with Crippen LogP contribution in [0.5, 0.6) is 5.75 Å². The lowest BCUT2D eigenvalue weighted by Crippen LogP contribution is -2.29. The molecule has 0 aromatic heterocycles. The molecule has 104 valence electrons. The Labute approximate surface area is 117 Å². The van der Waals surface area contributed by atoms with Crippen LogP contribution in [-0.2, 0) is 16.4 Å². The summed E-state index contributed by atoms with van der Waals surface area (Å²) in [6, 6.07) is 11.4. The molecule has 0 bridgehead atoms. The Kier molecular flexibility index (Phi) is 2.83. The van der Waals surface area contributed by atoms with Gasteiger partial charge in [-0.15, -0.1) is 0 Å². The van der Waals surface area contributed by atoms with Crippen molar-refractivity contribution in [2.24, 2.45) is 0 Å². The summed E-state index contributed by atoms with van der Waals surface area (Å²) in [6.07, 6.45) is 0.697. The van der Waals surface area contributed by atoms with Gasteiger partial charge in [0, 0.05) is 6.54 Å².